The van der Waals surface area contributed by atoms with Gasteiger partial charge in [0.25, 0.3) is 0 Å². The minimum atomic E-state index is -1.30. The Balaban J connectivity index is 3.07. The number of carboxylic acid groups (broad SMARTS) is 1. The first-order valence-corrected chi connectivity index (χ1v) is 4.53. The summed E-state index contributed by atoms with van der Waals surface area (Å²) in [5, 5.41) is 30.7. The molecule has 1 aromatic carbocycles. The maximum Gasteiger partial charge on any atom is 0.339 e. The summed E-state index contributed by atoms with van der Waals surface area (Å²) in [6, 6.07) is 2.07. The molecule has 0 unspecified atom stereocenters. The fourth-order valence-electron chi connectivity index (χ4n) is 1.16. The highest BCUT2D eigenvalue weighted by Crippen LogP contribution is 2.28. The van der Waals surface area contributed by atoms with Crippen LogP contribution in [0.15, 0.2) is 23.3 Å². The zero-order valence-electron chi connectivity index (χ0n) is 8.61. The maximum atomic E-state index is 10.7. The number of azide groups is 1. The molecule has 7 nitrogen and oxygen atoms in total. The standard InChI is InChI=1S/C10H9N3O4/c11-13-12-3-1-2-6-4-7(10(16)17)9(15)5-8(6)14/h1-2,4-5,14-15H,3H2,(H,16,17). The second kappa shape index (κ2) is 5.43. The quantitative estimate of drug-likeness (QED) is 0.419. The van der Waals surface area contributed by atoms with Gasteiger partial charge in [-0.3, -0.25) is 0 Å². The van der Waals surface area contributed by atoms with Gasteiger partial charge in [-0.15, -0.1) is 0 Å². The van der Waals surface area contributed by atoms with Gasteiger partial charge in [0.2, 0.25) is 0 Å². The molecule has 0 atom stereocenters. The number of phenolic OH excluding ortho intramolecular Hbond substituents is 1. The van der Waals surface area contributed by atoms with Crippen molar-refractivity contribution >= 4 is 12.0 Å². The van der Waals surface area contributed by atoms with Crippen LogP contribution in [0.4, 0.5) is 0 Å². The summed E-state index contributed by atoms with van der Waals surface area (Å²) < 4.78 is 0. The normalized spacial score (nSPS) is 10.1. The Morgan fingerprint density at radius 1 is 1.41 bits per heavy atom. The molecule has 0 aromatic heterocycles. The van der Waals surface area contributed by atoms with E-state index in [1.54, 1.807) is 0 Å². The Morgan fingerprint density at radius 3 is 2.71 bits per heavy atom. The first kappa shape index (κ1) is 12.4. The number of carboxylic acids is 1. The topological polar surface area (TPSA) is 127 Å². The predicted molar refractivity (Wildman–Crippen MR) is 59.8 cm³/mol. The third kappa shape index (κ3) is 3.15. The lowest BCUT2D eigenvalue weighted by molar-refractivity contribution is 0.0693. The SMILES string of the molecule is [N-]=[N+]=NCC=Cc1cc(C(=O)O)c(O)cc1O. The highest BCUT2D eigenvalue weighted by atomic mass is 16.4. The van der Waals surface area contributed by atoms with E-state index >= 15 is 0 Å². The van der Waals surface area contributed by atoms with E-state index in [9.17, 15) is 15.0 Å². The van der Waals surface area contributed by atoms with E-state index in [2.05, 4.69) is 10.0 Å². The molecular weight excluding hydrogens is 226 g/mol. The molecule has 7 heteroatoms. The molecule has 0 radical (unpaired) electrons. The molecule has 0 saturated heterocycles. The first-order valence-electron chi connectivity index (χ1n) is 4.53. The molecule has 0 aliphatic rings. The van der Waals surface area contributed by atoms with Gasteiger partial charge in [-0.25, -0.2) is 4.79 Å². The average Bonchev–Trinajstić information content (AvgIpc) is 2.26. The van der Waals surface area contributed by atoms with E-state index in [1.165, 1.54) is 12.2 Å². The van der Waals surface area contributed by atoms with Crippen molar-refractivity contribution in [2.75, 3.05) is 6.54 Å². The number of rotatable bonds is 4. The van der Waals surface area contributed by atoms with Gasteiger partial charge in [-0.1, -0.05) is 17.3 Å². The zero-order valence-corrected chi connectivity index (χ0v) is 8.61. The van der Waals surface area contributed by atoms with Crippen LogP contribution in [0.2, 0.25) is 0 Å². The minimum Gasteiger partial charge on any atom is -0.507 e. The van der Waals surface area contributed by atoms with Crippen molar-refractivity contribution in [2.24, 2.45) is 5.11 Å². The number of aromatic carboxylic acids is 1. The number of aromatic hydroxyl groups is 2. The molecule has 1 rings (SSSR count). The minimum absolute atomic E-state index is 0.0826. The lowest BCUT2D eigenvalue weighted by Gasteiger charge is -2.03. The second-order valence-electron chi connectivity index (χ2n) is 3.05. The highest BCUT2D eigenvalue weighted by Gasteiger charge is 2.12. The van der Waals surface area contributed by atoms with Gasteiger partial charge in [0.1, 0.15) is 17.1 Å². The number of hydrogen-bond donors (Lipinski definition) is 3. The van der Waals surface area contributed by atoms with Crippen molar-refractivity contribution < 1.29 is 20.1 Å². The molecule has 0 aliphatic carbocycles. The smallest absolute Gasteiger partial charge is 0.339 e. The van der Waals surface area contributed by atoms with Crippen LogP contribution in [0.25, 0.3) is 16.5 Å². The Bertz CT molecular complexity index is 519. The van der Waals surface area contributed by atoms with Crippen molar-refractivity contribution in [1.82, 2.24) is 0 Å². The van der Waals surface area contributed by atoms with Crippen molar-refractivity contribution in [2.45, 2.75) is 0 Å². The first-order chi connectivity index (χ1) is 8.06. The predicted octanol–water partition coefficient (Wildman–Crippen LogP) is 2.12. The van der Waals surface area contributed by atoms with Crippen molar-refractivity contribution in [3.8, 4) is 11.5 Å². The van der Waals surface area contributed by atoms with E-state index in [1.807, 2.05) is 0 Å². The molecule has 88 valence electrons. The van der Waals surface area contributed by atoms with Gasteiger partial charge in [-0.05, 0) is 11.6 Å². The summed E-state index contributed by atoms with van der Waals surface area (Å²) >= 11 is 0. The molecule has 0 bridgehead atoms. The summed E-state index contributed by atoms with van der Waals surface area (Å²) in [4.78, 5) is 13.3. The van der Waals surface area contributed by atoms with Gasteiger partial charge in [0.15, 0.2) is 0 Å². The van der Waals surface area contributed by atoms with Crippen LogP contribution >= 0.6 is 0 Å². The van der Waals surface area contributed by atoms with Gasteiger partial charge in [0.05, 0.1) is 0 Å². The van der Waals surface area contributed by atoms with E-state index in [-0.39, 0.29) is 23.4 Å². The van der Waals surface area contributed by atoms with Crippen LogP contribution in [0, 0.1) is 0 Å². The van der Waals surface area contributed by atoms with Crippen LogP contribution in [0.1, 0.15) is 15.9 Å². The molecule has 0 heterocycles. The summed E-state index contributed by atoms with van der Waals surface area (Å²) in [5.41, 5.74) is 7.94. The van der Waals surface area contributed by atoms with Crippen molar-refractivity contribution in [3.05, 3.63) is 39.8 Å². The van der Waals surface area contributed by atoms with E-state index in [0.29, 0.717) is 0 Å². The Hall–Kier alpha value is -2.66. The van der Waals surface area contributed by atoms with Gasteiger partial charge in [0, 0.05) is 23.1 Å². The summed E-state index contributed by atoms with van der Waals surface area (Å²) in [7, 11) is 0. The Kier molecular flexibility index (Phi) is 3.96. The summed E-state index contributed by atoms with van der Waals surface area (Å²) in [6.45, 7) is 0.0826. The maximum absolute atomic E-state index is 10.7. The van der Waals surface area contributed by atoms with Gasteiger partial charge >= 0.3 is 5.97 Å². The number of phenols is 2. The number of hydrogen-bond acceptors (Lipinski definition) is 4. The van der Waals surface area contributed by atoms with E-state index < -0.39 is 11.7 Å². The fraction of sp³-hybridized carbons (Fsp3) is 0.100. The van der Waals surface area contributed by atoms with E-state index in [4.69, 9.17) is 10.6 Å². The summed E-state index contributed by atoms with van der Waals surface area (Å²) in [5.74, 6) is -2.07. The second-order valence-corrected chi connectivity index (χ2v) is 3.05. The molecule has 0 spiro atoms. The highest BCUT2D eigenvalue weighted by molar-refractivity contribution is 5.92. The lowest BCUT2D eigenvalue weighted by atomic mass is 10.1. The Labute approximate surface area is 95.9 Å². The third-order valence-corrected chi connectivity index (χ3v) is 1.92. The van der Waals surface area contributed by atoms with Crippen LogP contribution in [-0.2, 0) is 0 Å². The molecule has 1 aromatic rings. The monoisotopic (exact) mass is 235 g/mol. The summed E-state index contributed by atoms with van der Waals surface area (Å²) in [6.07, 6.45) is 2.85. The molecule has 0 aliphatic heterocycles. The molecule has 0 saturated carbocycles. The Morgan fingerprint density at radius 2 is 2.12 bits per heavy atom. The molecule has 0 amide bonds. The third-order valence-electron chi connectivity index (χ3n) is 1.92. The fourth-order valence-corrected chi connectivity index (χ4v) is 1.16. The average molecular weight is 235 g/mol. The van der Waals surface area contributed by atoms with Crippen LogP contribution in [0.3, 0.4) is 0 Å². The molecular formula is C10H9N3O4. The van der Waals surface area contributed by atoms with Crippen molar-refractivity contribution in [3.63, 3.8) is 0 Å². The van der Waals surface area contributed by atoms with E-state index in [0.717, 1.165) is 12.1 Å². The molecule has 0 fully saturated rings. The lowest BCUT2D eigenvalue weighted by Crippen LogP contribution is -1.97. The largest absolute Gasteiger partial charge is 0.507 e. The van der Waals surface area contributed by atoms with Crippen LogP contribution < -0.4 is 0 Å². The van der Waals surface area contributed by atoms with Gasteiger partial charge < -0.3 is 15.3 Å². The van der Waals surface area contributed by atoms with Gasteiger partial charge in [-0.2, -0.15) is 0 Å². The van der Waals surface area contributed by atoms with Crippen molar-refractivity contribution in [1.29, 1.82) is 0 Å². The number of nitrogens with zero attached hydrogens (tertiary/aromatic N) is 3. The van der Waals surface area contributed by atoms with Crippen LogP contribution in [-0.4, -0.2) is 27.8 Å². The zero-order chi connectivity index (χ0) is 12.8. The van der Waals surface area contributed by atoms with Crippen LogP contribution in [0.5, 0.6) is 11.5 Å². The molecule has 3 N–H and O–H groups in total. The molecule has 17 heavy (non-hydrogen) atoms. The number of benzene rings is 1. The number of carbonyl (C=O) groups is 1.